The predicted molar refractivity (Wildman–Crippen MR) is 118 cm³/mol. The molecular formula is C22H23ClN4O4. The lowest BCUT2D eigenvalue weighted by molar-refractivity contribution is -0.115. The van der Waals surface area contributed by atoms with E-state index in [1.165, 1.54) is 7.11 Å². The number of likely N-dealkylation sites (tertiary alicyclic amines) is 1. The van der Waals surface area contributed by atoms with Crippen LogP contribution in [0, 0.1) is 0 Å². The number of urea groups is 1. The van der Waals surface area contributed by atoms with Gasteiger partial charge in [0.25, 0.3) is 5.91 Å². The molecule has 1 spiro atoms. The largest absolute Gasteiger partial charge is 0.497 e. The van der Waals surface area contributed by atoms with Crippen molar-refractivity contribution in [2.75, 3.05) is 32.6 Å². The average molecular weight is 443 g/mol. The van der Waals surface area contributed by atoms with Gasteiger partial charge in [0.15, 0.2) is 0 Å². The van der Waals surface area contributed by atoms with Gasteiger partial charge in [-0.25, -0.2) is 4.79 Å². The summed E-state index contributed by atoms with van der Waals surface area (Å²) in [6.07, 6.45) is 1.05. The van der Waals surface area contributed by atoms with Crippen LogP contribution in [0.25, 0.3) is 0 Å². The highest BCUT2D eigenvalue weighted by Gasteiger charge is 2.43. The van der Waals surface area contributed by atoms with Gasteiger partial charge >= 0.3 is 6.03 Å². The van der Waals surface area contributed by atoms with E-state index in [0.717, 1.165) is 0 Å². The van der Waals surface area contributed by atoms with Gasteiger partial charge in [0.05, 0.1) is 19.9 Å². The van der Waals surface area contributed by atoms with Crippen molar-refractivity contribution in [2.45, 2.75) is 18.5 Å². The van der Waals surface area contributed by atoms with E-state index >= 15 is 0 Å². The highest BCUT2D eigenvalue weighted by atomic mass is 35.5. The second-order valence-corrected chi connectivity index (χ2v) is 7.88. The Morgan fingerprint density at radius 2 is 1.94 bits per heavy atom. The van der Waals surface area contributed by atoms with Crippen molar-refractivity contribution < 1.29 is 19.1 Å². The summed E-state index contributed by atoms with van der Waals surface area (Å²) < 4.78 is 10.5. The molecule has 2 aromatic carbocycles. The number of ether oxygens (including phenoxy) is 2. The van der Waals surface area contributed by atoms with Crippen LogP contribution in [0.1, 0.15) is 18.4 Å². The number of halogens is 1. The average Bonchev–Trinajstić information content (AvgIpc) is 3.10. The van der Waals surface area contributed by atoms with E-state index in [-0.39, 0.29) is 11.9 Å². The Labute approximate surface area is 185 Å². The highest BCUT2D eigenvalue weighted by Crippen LogP contribution is 2.32. The van der Waals surface area contributed by atoms with Gasteiger partial charge in [-0.05, 0) is 24.3 Å². The van der Waals surface area contributed by atoms with Gasteiger partial charge < -0.3 is 25.0 Å². The quantitative estimate of drug-likeness (QED) is 0.759. The molecule has 2 aliphatic rings. The summed E-state index contributed by atoms with van der Waals surface area (Å²) in [5.74, 6) is 0.934. The number of carbonyl (C=O) groups is 2. The number of methoxy groups -OCH3 is 2. The maximum Gasteiger partial charge on any atom is 0.321 e. The number of benzene rings is 2. The summed E-state index contributed by atoms with van der Waals surface area (Å²) in [6.45, 7) is 0.911. The van der Waals surface area contributed by atoms with E-state index in [2.05, 4.69) is 10.6 Å². The normalized spacial score (nSPS) is 17.2. The number of piperidine rings is 1. The molecule has 31 heavy (non-hydrogen) atoms. The molecule has 1 saturated heterocycles. The molecule has 0 atom stereocenters. The molecule has 2 N–H and O–H groups in total. The second kappa shape index (κ2) is 8.47. The number of carbonyl (C=O) groups excluding carboxylic acids is 2. The third-order valence-corrected chi connectivity index (χ3v) is 5.75. The van der Waals surface area contributed by atoms with Gasteiger partial charge in [-0.1, -0.05) is 23.7 Å². The van der Waals surface area contributed by atoms with Gasteiger partial charge in [0.1, 0.15) is 22.9 Å². The van der Waals surface area contributed by atoms with Crippen LogP contribution in [0.3, 0.4) is 0 Å². The molecule has 3 amide bonds. The SMILES string of the molecule is COc1ccc(NC(=O)N2CCC3(CC2)N=C(c2cccc(Cl)c2)C(=O)N3)c(OC)c1. The minimum absolute atomic E-state index is 0.219. The summed E-state index contributed by atoms with van der Waals surface area (Å²) in [6, 6.07) is 12.0. The Balaban J connectivity index is 1.43. The van der Waals surface area contributed by atoms with Crippen molar-refractivity contribution in [1.29, 1.82) is 0 Å². The van der Waals surface area contributed by atoms with Gasteiger partial charge in [-0.15, -0.1) is 0 Å². The molecule has 162 valence electrons. The van der Waals surface area contributed by atoms with Crippen molar-refractivity contribution in [3.05, 3.63) is 53.1 Å². The first-order chi connectivity index (χ1) is 14.9. The Kier molecular flexibility index (Phi) is 5.73. The lowest BCUT2D eigenvalue weighted by Crippen LogP contribution is -2.53. The van der Waals surface area contributed by atoms with Crippen LogP contribution < -0.4 is 20.1 Å². The lowest BCUT2D eigenvalue weighted by Gasteiger charge is -2.37. The predicted octanol–water partition coefficient (Wildman–Crippen LogP) is 3.30. The minimum atomic E-state index is -0.691. The maximum atomic E-state index is 12.8. The van der Waals surface area contributed by atoms with E-state index < -0.39 is 5.66 Å². The molecule has 2 heterocycles. The molecule has 9 heteroatoms. The van der Waals surface area contributed by atoms with E-state index in [1.807, 2.05) is 6.07 Å². The van der Waals surface area contributed by atoms with Gasteiger partial charge in [-0.2, -0.15) is 0 Å². The number of nitrogens with zero attached hydrogens (tertiary/aromatic N) is 2. The molecular weight excluding hydrogens is 420 g/mol. The number of anilines is 1. The van der Waals surface area contributed by atoms with Crippen LogP contribution in [0.4, 0.5) is 10.5 Å². The zero-order chi connectivity index (χ0) is 22.0. The Morgan fingerprint density at radius 1 is 1.16 bits per heavy atom. The Hall–Kier alpha value is -3.26. The fourth-order valence-corrected chi connectivity index (χ4v) is 4.00. The van der Waals surface area contributed by atoms with Crippen LogP contribution in [0.5, 0.6) is 11.5 Å². The number of amides is 3. The van der Waals surface area contributed by atoms with Crippen molar-refractivity contribution in [3.63, 3.8) is 0 Å². The summed E-state index contributed by atoms with van der Waals surface area (Å²) >= 11 is 6.05. The van der Waals surface area contributed by atoms with Crippen molar-refractivity contribution in [2.24, 2.45) is 4.99 Å². The third-order valence-electron chi connectivity index (χ3n) is 5.51. The summed E-state index contributed by atoms with van der Waals surface area (Å²) in [7, 11) is 3.10. The first-order valence-electron chi connectivity index (χ1n) is 9.89. The van der Waals surface area contributed by atoms with Crippen LogP contribution in [0.15, 0.2) is 47.5 Å². The Morgan fingerprint density at radius 3 is 2.61 bits per heavy atom. The fourth-order valence-electron chi connectivity index (χ4n) is 3.81. The summed E-state index contributed by atoms with van der Waals surface area (Å²) in [5.41, 5.74) is 0.935. The van der Waals surface area contributed by atoms with Gasteiger partial charge in [0.2, 0.25) is 0 Å². The first-order valence-corrected chi connectivity index (χ1v) is 10.3. The second-order valence-electron chi connectivity index (χ2n) is 7.44. The lowest BCUT2D eigenvalue weighted by atomic mass is 9.98. The minimum Gasteiger partial charge on any atom is -0.497 e. The van der Waals surface area contributed by atoms with E-state index in [9.17, 15) is 9.59 Å². The van der Waals surface area contributed by atoms with Crippen molar-refractivity contribution >= 4 is 34.9 Å². The number of rotatable bonds is 4. The van der Waals surface area contributed by atoms with Gasteiger partial charge in [0, 0.05) is 42.6 Å². The highest BCUT2D eigenvalue weighted by molar-refractivity contribution is 6.47. The molecule has 0 radical (unpaired) electrons. The molecule has 4 rings (SSSR count). The molecule has 8 nitrogen and oxygen atoms in total. The topological polar surface area (TPSA) is 92.3 Å². The van der Waals surface area contributed by atoms with E-state index in [1.54, 1.807) is 48.4 Å². The monoisotopic (exact) mass is 442 g/mol. The number of hydrogen-bond donors (Lipinski definition) is 2. The molecule has 2 aromatic rings. The summed E-state index contributed by atoms with van der Waals surface area (Å²) in [5, 5.41) is 6.43. The number of hydrogen-bond acceptors (Lipinski definition) is 5. The zero-order valence-electron chi connectivity index (χ0n) is 17.3. The molecule has 1 fully saturated rings. The fraction of sp³-hybridized carbons (Fsp3) is 0.318. The molecule has 0 unspecified atom stereocenters. The maximum absolute atomic E-state index is 12.8. The standard InChI is InChI=1S/C22H23ClN4O4/c1-30-16-6-7-17(18(13-16)31-2)24-21(29)27-10-8-22(9-11-27)25-19(20(28)26-22)14-4-3-5-15(23)12-14/h3-7,12-13H,8-11H2,1-2H3,(H,24,29)(H,26,28). The van der Waals surface area contributed by atoms with Crippen molar-refractivity contribution in [3.8, 4) is 11.5 Å². The van der Waals surface area contributed by atoms with Crippen LogP contribution in [0.2, 0.25) is 5.02 Å². The Bertz CT molecular complexity index is 1050. The van der Waals surface area contributed by atoms with Crippen LogP contribution in [-0.2, 0) is 4.79 Å². The smallest absolute Gasteiger partial charge is 0.321 e. The molecule has 2 aliphatic heterocycles. The van der Waals surface area contributed by atoms with Crippen LogP contribution >= 0.6 is 11.6 Å². The summed E-state index contributed by atoms with van der Waals surface area (Å²) in [4.78, 5) is 31.7. The molecule has 0 bridgehead atoms. The van der Waals surface area contributed by atoms with Gasteiger partial charge in [-0.3, -0.25) is 9.79 Å². The van der Waals surface area contributed by atoms with E-state index in [4.69, 9.17) is 26.1 Å². The third kappa shape index (κ3) is 4.29. The molecule has 0 saturated carbocycles. The first kappa shape index (κ1) is 21.0. The molecule has 0 aromatic heterocycles. The zero-order valence-corrected chi connectivity index (χ0v) is 18.0. The van der Waals surface area contributed by atoms with Crippen LogP contribution in [-0.4, -0.2) is 55.5 Å². The number of nitrogens with one attached hydrogen (secondary N) is 2. The molecule has 0 aliphatic carbocycles. The van der Waals surface area contributed by atoms with Crippen molar-refractivity contribution in [1.82, 2.24) is 10.2 Å². The number of aliphatic imine (C=N–C) groups is 1. The van der Waals surface area contributed by atoms with E-state index in [0.29, 0.717) is 59.4 Å².